The standard InChI is InChI=1S/C72H56N2O2/c1-43(2)61-41-63(73(51-25-17-23-49(39-51)47-19-9-7-10-20-47)69-45(5)31-33-57-53-27-13-15-29-65(53)75-71(57)69)59-38-36-56-62(44(3)4)42-64(60-37-35-55(61)67(59)68(56)60)74(52-26-18-24-50(40-52)48-21-11-8-12-22-48)70-46(6)32-34-58-54-28-14-16-30-66(54)76-72(58)70/h7-44H,1-6H3. The van der Waals surface area contributed by atoms with Crippen molar-refractivity contribution in [2.45, 2.75) is 53.4 Å². The number of rotatable bonds is 10. The van der Waals surface area contributed by atoms with Crippen molar-refractivity contribution in [3.05, 3.63) is 241 Å². The number of para-hydroxylation sites is 2. The molecular weight excluding hydrogens is 925 g/mol. The first kappa shape index (κ1) is 45.5. The Morgan fingerprint density at radius 3 is 1.11 bits per heavy atom. The third-order valence-electron chi connectivity index (χ3n) is 16.0. The minimum atomic E-state index is 0.207. The Hall–Kier alpha value is -9.12. The van der Waals surface area contributed by atoms with Gasteiger partial charge in [-0.3, -0.25) is 0 Å². The van der Waals surface area contributed by atoms with Gasteiger partial charge in [0.1, 0.15) is 11.2 Å². The highest BCUT2D eigenvalue weighted by Gasteiger charge is 2.30. The molecule has 0 N–H and O–H groups in total. The third kappa shape index (κ3) is 7.12. The predicted molar refractivity (Wildman–Crippen MR) is 323 cm³/mol. The molecule has 12 aromatic carbocycles. The van der Waals surface area contributed by atoms with E-state index in [1.165, 1.54) is 54.6 Å². The van der Waals surface area contributed by atoms with Crippen LogP contribution in [0.2, 0.25) is 0 Å². The van der Waals surface area contributed by atoms with E-state index in [2.05, 4.69) is 270 Å². The van der Waals surface area contributed by atoms with E-state index in [9.17, 15) is 0 Å². The van der Waals surface area contributed by atoms with Crippen LogP contribution in [0.25, 0.3) is 98.4 Å². The molecule has 4 heteroatoms. The molecule has 0 atom stereocenters. The van der Waals surface area contributed by atoms with Crippen molar-refractivity contribution >= 4 is 110 Å². The Balaban J connectivity index is 1.11. The molecule has 0 aliphatic rings. The summed E-state index contributed by atoms with van der Waals surface area (Å²) in [7, 11) is 0. The van der Waals surface area contributed by atoms with Gasteiger partial charge < -0.3 is 18.6 Å². The van der Waals surface area contributed by atoms with E-state index < -0.39 is 0 Å². The van der Waals surface area contributed by atoms with Gasteiger partial charge in [0, 0.05) is 43.7 Å². The van der Waals surface area contributed by atoms with Crippen LogP contribution in [0.4, 0.5) is 34.1 Å². The van der Waals surface area contributed by atoms with Crippen LogP contribution in [0.5, 0.6) is 0 Å². The first-order chi connectivity index (χ1) is 37.2. The molecule has 4 nitrogen and oxygen atoms in total. The smallest absolute Gasteiger partial charge is 0.159 e. The Morgan fingerprint density at radius 1 is 0.316 bits per heavy atom. The van der Waals surface area contributed by atoms with E-state index in [1.54, 1.807) is 0 Å². The van der Waals surface area contributed by atoms with Gasteiger partial charge >= 0.3 is 0 Å². The zero-order valence-corrected chi connectivity index (χ0v) is 43.7. The Labute approximate surface area is 443 Å². The quantitative estimate of drug-likeness (QED) is 0.128. The number of benzene rings is 12. The molecule has 0 radical (unpaired) electrons. The van der Waals surface area contributed by atoms with E-state index in [1.807, 2.05) is 0 Å². The summed E-state index contributed by atoms with van der Waals surface area (Å²) in [6.45, 7) is 13.8. The summed E-state index contributed by atoms with van der Waals surface area (Å²) < 4.78 is 14.0. The number of aryl methyl sites for hydroxylation is 2. The molecule has 0 aliphatic heterocycles. The molecule has 14 rings (SSSR count). The molecule has 366 valence electrons. The number of hydrogen-bond donors (Lipinski definition) is 0. The largest absolute Gasteiger partial charge is 0.454 e. The second-order valence-corrected chi connectivity index (χ2v) is 21.3. The van der Waals surface area contributed by atoms with Gasteiger partial charge in [-0.15, -0.1) is 0 Å². The second kappa shape index (κ2) is 17.8. The number of nitrogens with zero attached hydrogens (tertiary/aromatic N) is 2. The molecule has 0 amide bonds. The van der Waals surface area contributed by atoms with Crippen LogP contribution in [0.15, 0.2) is 227 Å². The van der Waals surface area contributed by atoms with Crippen LogP contribution in [-0.2, 0) is 0 Å². The number of furan rings is 2. The van der Waals surface area contributed by atoms with Crippen LogP contribution >= 0.6 is 0 Å². The summed E-state index contributed by atoms with van der Waals surface area (Å²) in [6, 6.07) is 79.9. The van der Waals surface area contributed by atoms with E-state index in [0.29, 0.717) is 0 Å². The molecule has 2 heterocycles. The molecule has 14 aromatic rings. The van der Waals surface area contributed by atoms with E-state index >= 15 is 0 Å². The molecule has 0 saturated carbocycles. The molecule has 0 fully saturated rings. The SMILES string of the molecule is Cc1ccc2c(oc3ccccc32)c1N(c1cccc(-c2ccccc2)c1)c1cc(C(C)C)c2ccc3c(N(c4cccc(-c5ccccc5)c4)c4c(C)ccc5c4oc4ccccc45)cc(C(C)C)c4ccc1c2c43. The summed E-state index contributed by atoms with van der Waals surface area (Å²) in [5.74, 6) is 0.414. The van der Waals surface area contributed by atoms with Gasteiger partial charge in [0.25, 0.3) is 0 Å². The van der Waals surface area contributed by atoms with E-state index in [-0.39, 0.29) is 11.8 Å². The Bertz CT molecular complexity index is 4270. The molecule has 2 aromatic heterocycles. The van der Waals surface area contributed by atoms with Crippen LogP contribution in [-0.4, -0.2) is 0 Å². The lowest BCUT2D eigenvalue weighted by molar-refractivity contribution is 0.668. The van der Waals surface area contributed by atoms with Gasteiger partial charge in [0.05, 0.1) is 22.7 Å². The lowest BCUT2D eigenvalue weighted by Gasteiger charge is -2.32. The van der Waals surface area contributed by atoms with Crippen LogP contribution in [0, 0.1) is 13.8 Å². The highest BCUT2D eigenvalue weighted by Crippen LogP contribution is 2.54. The maximum Gasteiger partial charge on any atom is 0.159 e. The monoisotopic (exact) mass is 980 g/mol. The molecule has 76 heavy (non-hydrogen) atoms. The van der Waals surface area contributed by atoms with Gasteiger partial charge in [0.2, 0.25) is 0 Å². The van der Waals surface area contributed by atoms with Crippen LogP contribution in [0.3, 0.4) is 0 Å². The minimum absolute atomic E-state index is 0.207. The normalized spacial score (nSPS) is 12.1. The highest BCUT2D eigenvalue weighted by atomic mass is 16.3. The first-order valence-electron chi connectivity index (χ1n) is 26.7. The number of anilines is 6. The van der Waals surface area contributed by atoms with E-state index in [0.717, 1.165) is 100 Å². The molecule has 0 unspecified atom stereocenters. The van der Waals surface area contributed by atoms with E-state index in [4.69, 9.17) is 8.83 Å². The van der Waals surface area contributed by atoms with Gasteiger partial charge in [-0.05, 0) is 140 Å². The molecular formula is C72H56N2O2. The number of hydrogen-bond acceptors (Lipinski definition) is 4. The minimum Gasteiger partial charge on any atom is -0.454 e. The molecule has 0 spiro atoms. The maximum atomic E-state index is 7.02. The lowest BCUT2D eigenvalue weighted by Crippen LogP contribution is -2.14. The Morgan fingerprint density at radius 2 is 0.684 bits per heavy atom. The van der Waals surface area contributed by atoms with Crippen molar-refractivity contribution in [3.63, 3.8) is 0 Å². The van der Waals surface area contributed by atoms with Gasteiger partial charge in [-0.2, -0.15) is 0 Å². The van der Waals surface area contributed by atoms with Crippen molar-refractivity contribution < 1.29 is 8.83 Å². The fourth-order valence-corrected chi connectivity index (χ4v) is 12.3. The fourth-order valence-electron chi connectivity index (χ4n) is 12.3. The summed E-state index contributed by atoms with van der Waals surface area (Å²) in [4.78, 5) is 5.00. The zero-order chi connectivity index (χ0) is 51.3. The average Bonchev–Trinajstić information content (AvgIpc) is 4.06. The lowest BCUT2D eigenvalue weighted by atomic mass is 9.84. The van der Waals surface area contributed by atoms with Crippen molar-refractivity contribution in [2.75, 3.05) is 9.80 Å². The highest BCUT2D eigenvalue weighted by molar-refractivity contribution is 6.30. The fraction of sp³-hybridized carbons (Fsp3) is 0.111. The molecule has 0 aliphatic carbocycles. The van der Waals surface area contributed by atoms with Gasteiger partial charge in [-0.25, -0.2) is 0 Å². The summed E-state index contributed by atoms with van der Waals surface area (Å²) >= 11 is 0. The second-order valence-electron chi connectivity index (χ2n) is 21.3. The summed E-state index contributed by atoms with van der Waals surface area (Å²) in [6.07, 6.45) is 0. The summed E-state index contributed by atoms with van der Waals surface area (Å²) in [5.41, 5.74) is 19.4. The van der Waals surface area contributed by atoms with Crippen LogP contribution < -0.4 is 9.80 Å². The van der Waals surface area contributed by atoms with Gasteiger partial charge in [-0.1, -0.05) is 198 Å². The van der Waals surface area contributed by atoms with Gasteiger partial charge in [0.15, 0.2) is 11.2 Å². The zero-order valence-electron chi connectivity index (χ0n) is 43.7. The molecule has 0 bridgehead atoms. The van der Waals surface area contributed by atoms with Crippen molar-refractivity contribution in [3.8, 4) is 22.3 Å². The van der Waals surface area contributed by atoms with Crippen molar-refractivity contribution in [2.24, 2.45) is 0 Å². The predicted octanol–water partition coefficient (Wildman–Crippen LogP) is 21.5. The summed E-state index contributed by atoms with van der Waals surface area (Å²) in [5, 5.41) is 11.8. The Kier molecular flexibility index (Phi) is 10.6. The van der Waals surface area contributed by atoms with Crippen LogP contribution in [0.1, 0.15) is 61.8 Å². The average molecular weight is 981 g/mol. The topological polar surface area (TPSA) is 32.8 Å². The maximum absolute atomic E-state index is 7.02. The third-order valence-corrected chi connectivity index (χ3v) is 16.0. The number of fused-ring (bicyclic) bond motifs is 6. The first-order valence-corrected chi connectivity index (χ1v) is 26.7. The molecule has 0 saturated heterocycles. The van der Waals surface area contributed by atoms with Crippen molar-refractivity contribution in [1.82, 2.24) is 0 Å². The van der Waals surface area contributed by atoms with Crippen molar-refractivity contribution in [1.29, 1.82) is 0 Å².